The number of rotatable bonds is 5. The Kier molecular flexibility index (Phi) is 20.8. The Hall–Kier alpha value is -3.20. The molecule has 0 aromatic rings. The molecule has 6 N–H and O–H groups in total. The number of aliphatic hydroxyl groups is 2. The molecule has 11 atom stereocenters. The monoisotopic (exact) mass is 856 g/mol. The topological polar surface area (TPSA) is 201 Å². The van der Waals surface area contributed by atoms with Gasteiger partial charge in [0.15, 0.2) is 5.78 Å². The number of piperidine rings is 1. The molecule has 0 spiro atoms. The zero-order valence-corrected chi connectivity index (χ0v) is 37.8. The summed E-state index contributed by atoms with van der Waals surface area (Å²) < 4.78 is 24.1. The second-order valence-electron chi connectivity index (χ2n) is 18.6. The first-order valence-electron chi connectivity index (χ1n) is 23.0. The molecule has 4 rings (SSSR count). The van der Waals surface area contributed by atoms with Gasteiger partial charge >= 0.3 is 6.09 Å². The van der Waals surface area contributed by atoms with Gasteiger partial charge in [0, 0.05) is 32.0 Å². The summed E-state index contributed by atoms with van der Waals surface area (Å²) >= 11 is 0. The van der Waals surface area contributed by atoms with Crippen LogP contribution in [0.25, 0.3) is 0 Å². The molecule has 3 aliphatic heterocycles. The number of carbonyl (C=O) groups excluding carboxylic acids is 4. The van der Waals surface area contributed by atoms with Crippen LogP contribution in [-0.4, -0.2) is 114 Å². The Labute approximate surface area is 364 Å². The number of ether oxygens (including phenoxy) is 4. The van der Waals surface area contributed by atoms with Gasteiger partial charge in [0.2, 0.25) is 5.78 Å². The lowest BCUT2D eigenvalue weighted by molar-refractivity contribution is -0.159. The Balaban J connectivity index is 1.56. The van der Waals surface area contributed by atoms with E-state index in [1.54, 1.807) is 25.9 Å². The number of hydrogen-bond acceptors (Lipinski definition) is 11. The van der Waals surface area contributed by atoms with E-state index >= 15 is 0 Å². The van der Waals surface area contributed by atoms with E-state index in [4.69, 9.17) is 30.4 Å². The maximum atomic E-state index is 14.0. The van der Waals surface area contributed by atoms with E-state index in [0.717, 1.165) is 56.9 Å². The minimum absolute atomic E-state index is 0.0363. The first kappa shape index (κ1) is 50.4. The van der Waals surface area contributed by atoms with Crippen LogP contribution in [0.2, 0.25) is 0 Å². The normalized spacial score (nSPS) is 38.5. The van der Waals surface area contributed by atoms with Crippen molar-refractivity contribution in [2.24, 2.45) is 35.1 Å². The lowest BCUT2D eigenvalue weighted by atomic mass is 9.82. The fourth-order valence-corrected chi connectivity index (χ4v) is 9.67. The summed E-state index contributed by atoms with van der Waals surface area (Å²) in [7, 11) is 1.66. The Morgan fingerprint density at radius 2 is 1.61 bits per heavy atom. The van der Waals surface area contributed by atoms with E-state index in [1.165, 1.54) is 0 Å². The van der Waals surface area contributed by atoms with Crippen molar-refractivity contribution in [2.75, 3.05) is 20.3 Å². The van der Waals surface area contributed by atoms with Crippen molar-refractivity contribution in [2.45, 2.75) is 186 Å². The molecule has 1 saturated carbocycles. The van der Waals surface area contributed by atoms with Gasteiger partial charge in [0.25, 0.3) is 5.91 Å². The molecule has 61 heavy (non-hydrogen) atoms. The number of Topliss-reactive ketones (excluding diaryl/α,β-unsaturated/α-hetero) is 2. The van der Waals surface area contributed by atoms with E-state index in [1.807, 2.05) is 57.2 Å². The Morgan fingerprint density at radius 1 is 0.869 bits per heavy atom. The molecule has 0 aromatic heterocycles. The van der Waals surface area contributed by atoms with Crippen LogP contribution < -0.4 is 11.5 Å². The van der Waals surface area contributed by atoms with Crippen molar-refractivity contribution >= 4 is 23.6 Å². The third-order valence-electron chi connectivity index (χ3n) is 13.4. The molecule has 3 fully saturated rings. The van der Waals surface area contributed by atoms with E-state index in [9.17, 15) is 29.4 Å². The summed E-state index contributed by atoms with van der Waals surface area (Å²) in [6.07, 6.45) is 16.9. The molecule has 13 nitrogen and oxygen atoms in total. The average molecular weight is 856 g/mol. The Bertz CT molecular complexity index is 1550. The van der Waals surface area contributed by atoms with Gasteiger partial charge in [0.1, 0.15) is 24.4 Å². The molecule has 2 bridgehead atoms. The number of ketones is 2. The molecule has 13 heteroatoms. The molecular weight excluding hydrogens is 779 g/mol. The number of amides is 2. The molecule has 2 unspecified atom stereocenters. The van der Waals surface area contributed by atoms with Crippen molar-refractivity contribution in [1.29, 1.82) is 0 Å². The largest absolute Gasteiger partial charge is 0.446 e. The minimum Gasteiger partial charge on any atom is -0.446 e. The number of aliphatic hydroxyl groups excluding tert-OH is 2. The van der Waals surface area contributed by atoms with E-state index in [0.29, 0.717) is 63.0 Å². The lowest BCUT2D eigenvalue weighted by Gasteiger charge is -2.38. The smallest absolute Gasteiger partial charge is 0.404 e. The maximum absolute atomic E-state index is 14.0. The first-order chi connectivity index (χ1) is 29.1. The first-order valence-corrected chi connectivity index (χ1v) is 23.0. The minimum atomic E-state index is -1.54. The number of hydrogen-bond donors (Lipinski definition) is 4. The van der Waals surface area contributed by atoms with Gasteiger partial charge in [-0.25, -0.2) is 4.79 Å². The summed E-state index contributed by atoms with van der Waals surface area (Å²) in [5, 5.41) is 22.1. The highest BCUT2D eigenvalue weighted by Gasteiger charge is 2.39. The van der Waals surface area contributed by atoms with Crippen LogP contribution in [0, 0.1) is 23.7 Å². The summed E-state index contributed by atoms with van der Waals surface area (Å²) in [6, 6.07) is -0.610. The van der Waals surface area contributed by atoms with Gasteiger partial charge < -0.3 is 45.5 Å². The summed E-state index contributed by atoms with van der Waals surface area (Å²) in [4.78, 5) is 54.2. The van der Waals surface area contributed by atoms with Crippen LogP contribution >= 0.6 is 0 Å². The molecule has 3 heterocycles. The van der Waals surface area contributed by atoms with Crippen LogP contribution in [-0.2, 0) is 33.3 Å². The van der Waals surface area contributed by atoms with Crippen molar-refractivity contribution in [3.8, 4) is 0 Å². The lowest BCUT2D eigenvalue weighted by Crippen LogP contribution is -2.53. The number of allylic oxidation sites excluding steroid dienone is 6. The zero-order chi connectivity index (χ0) is 44.6. The number of nitrogens with two attached hydrogens (primary N) is 2. The SMILES string of the molecule is CO[C@H]1C[C@@H]2CCCC(O2)C(=O)C(=O)N2CCCC[C@H]2CO[C@H]([C@H](N)C[C@H]2CC[C@H](OC(N)=O)CC2)CCC(C)/C=C(\C)[C@@H](O)[C@@H](O)C(=O)[C@H](C)C[C@H](C)/C=C/C=C/C=C/1C. The fourth-order valence-electron chi connectivity index (χ4n) is 9.67. The van der Waals surface area contributed by atoms with Crippen LogP contribution in [0.4, 0.5) is 4.79 Å². The predicted octanol–water partition coefficient (Wildman–Crippen LogP) is 6.42. The highest BCUT2D eigenvalue weighted by molar-refractivity contribution is 6.37. The highest BCUT2D eigenvalue weighted by atomic mass is 16.6. The standard InChI is InChI=1S/C48H77N3O10/c1-30-13-8-7-9-14-32(3)42(58-6)28-38-16-12-17-41(60-38)45(54)47(56)51-24-11-10-15-36(51)29-59-40(39(49)27-35-19-21-37(22-20-35)61-48(50)57)23-18-31(2)26-34(5)44(53)46(55)43(52)33(4)25-30/h7-9,13-14,26,30-31,33,35-42,44,46,53,55H,10-12,15-25,27-29,49H2,1-6H3,(H2,50,57)/b9-7+,13-8+,32-14+,34-26+/t30-,31?,33-,35-,36+,37-,38+,39-,40+,41?,42+,44-,46+/m1/s1. The van der Waals surface area contributed by atoms with Crippen molar-refractivity contribution in [3.63, 3.8) is 0 Å². The van der Waals surface area contributed by atoms with Crippen LogP contribution in [0.3, 0.4) is 0 Å². The molecule has 2 amide bonds. The van der Waals surface area contributed by atoms with Crippen molar-refractivity contribution in [3.05, 3.63) is 47.6 Å². The molecule has 0 radical (unpaired) electrons. The van der Waals surface area contributed by atoms with Gasteiger partial charge in [-0.3, -0.25) is 14.4 Å². The van der Waals surface area contributed by atoms with Gasteiger partial charge in [-0.2, -0.15) is 0 Å². The van der Waals surface area contributed by atoms with Gasteiger partial charge in [-0.05, 0) is 133 Å². The van der Waals surface area contributed by atoms with E-state index in [-0.39, 0.29) is 54.9 Å². The second kappa shape index (κ2) is 25.2. The molecule has 2 saturated heterocycles. The fraction of sp³-hybridized carbons (Fsp3) is 0.750. The third kappa shape index (κ3) is 15.8. The van der Waals surface area contributed by atoms with Gasteiger partial charge in [0.05, 0.1) is 31.0 Å². The highest BCUT2D eigenvalue weighted by Crippen LogP contribution is 2.32. The second-order valence-corrected chi connectivity index (χ2v) is 18.6. The molecule has 344 valence electrons. The van der Waals surface area contributed by atoms with Gasteiger partial charge in [-0.15, -0.1) is 0 Å². The van der Waals surface area contributed by atoms with Gasteiger partial charge in [-0.1, -0.05) is 57.2 Å². The average Bonchev–Trinajstić information content (AvgIpc) is 3.24. The third-order valence-corrected chi connectivity index (χ3v) is 13.4. The summed E-state index contributed by atoms with van der Waals surface area (Å²) in [6.45, 7) is 10.3. The zero-order valence-electron chi connectivity index (χ0n) is 37.8. The van der Waals surface area contributed by atoms with Crippen LogP contribution in [0.5, 0.6) is 0 Å². The molecule has 4 aliphatic rings. The summed E-state index contributed by atoms with van der Waals surface area (Å²) in [5.74, 6) is -1.55. The van der Waals surface area contributed by atoms with Crippen molar-refractivity contribution in [1.82, 2.24) is 4.90 Å². The van der Waals surface area contributed by atoms with Crippen LogP contribution in [0.15, 0.2) is 47.6 Å². The molecule has 1 aliphatic carbocycles. The molecule has 0 aromatic carbocycles. The number of primary amides is 1. The number of nitrogens with zero attached hydrogens (tertiary/aromatic N) is 1. The number of methoxy groups -OCH3 is 1. The van der Waals surface area contributed by atoms with E-state index < -0.39 is 47.8 Å². The summed E-state index contributed by atoms with van der Waals surface area (Å²) in [5.41, 5.74) is 13.8. The maximum Gasteiger partial charge on any atom is 0.404 e. The Morgan fingerprint density at radius 3 is 2.31 bits per heavy atom. The molecular formula is C48H77N3O10. The quantitative estimate of drug-likeness (QED) is 0.176. The predicted molar refractivity (Wildman–Crippen MR) is 235 cm³/mol. The van der Waals surface area contributed by atoms with E-state index in [2.05, 4.69) is 0 Å². The van der Waals surface area contributed by atoms with Crippen molar-refractivity contribution < 1.29 is 48.3 Å². The number of carbonyl (C=O) groups is 4. The van der Waals surface area contributed by atoms with Crippen LogP contribution in [0.1, 0.15) is 131 Å². The number of fused-ring (bicyclic) bond motifs is 3.